The molecule has 1 aromatic carbocycles. The lowest BCUT2D eigenvalue weighted by Gasteiger charge is -2.26. The van der Waals surface area contributed by atoms with Crippen LogP contribution in [0.2, 0.25) is 0 Å². The lowest BCUT2D eigenvalue weighted by molar-refractivity contribution is 0.112. The number of hydrogen-bond donors (Lipinski definition) is 1. The van der Waals surface area contributed by atoms with Gasteiger partial charge in [0.25, 0.3) is 0 Å². The van der Waals surface area contributed by atoms with Crippen molar-refractivity contribution in [3.05, 3.63) is 59.4 Å². The number of hydrogen-bond acceptors (Lipinski definition) is 5. The second-order valence-electron chi connectivity index (χ2n) is 5.59. The van der Waals surface area contributed by atoms with Gasteiger partial charge >= 0.3 is 0 Å². The topological polar surface area (TPSA) is 68.3 Å². The van der Waals surface area contributed by atoms with Gasteiger partial charge in [0, 0.05) is 31.1 Å². The molecule has 6 heteroatoms. The number of nitrogens with one attached hydrogen (secondary N) is 1. The van der Waals surface area contributed by atoms with Gasteiger partial charge in [-0.3, -0.25) is 9.78 Å². The smallest absolute Gasteiger partial charge is 0.174 e. The first-order valence-corrected chi connectivity index (χ1v) is 8.96. The van der Waals surface area contributed by atoms with E-state index in [1.54, 1.807) is 22.8 Å². The molecule has 2 unspecified atom stereocenters. The van der Waals surface area contributed by atoms with E-state index in [-0.39, 0.29) is 6.04 Å². The summed E-state index contributed by atoms with van der Waals surface area (Å²) in [5.74, 6) is 0. The van der Waals surface area contributed by atoms with Crippen molar-refractivity contribution in [2.45, 2.75) is 24.3 Å². The highest BCUT2D eigenvalue weighted by Gasteiger charge is 2.25. The summed E-state index contributed by atoms with van der Waals surface area (Å²) in [4.78, 5) is 16.1. The number of likely N-dealkylation sites (N-methyl/N-ethyl adjacent to an activating group) is 1. The van der Waals surface area contributed by atoms with E-state index in [9.17, 15) is 9.35 Å². The minimum absolute atomic E-state index is 0.0526. The number of carbonyl (C=O) groups excluding carboxylic acids is 1. The molecule has 0 bridgehead atoms. The Morgan fingerprint density at radius 2 is 2.21 bits per heavy atom. The third-order valence-corrected chi connectivity index (χ3v) is 5.56. The molecule has 0 aliphatic rings. The van der Waals surface area contributed by atoms with Gasteiger partial charge in [-0.25, -0.2) is 0 Å². The van der Waals surface area contributed by atoms with Crippen molar-refractivity contribution in [3.63, 3.8) is 0 Å². The first-order chi connectivity index (χ1) is 11.6. The average Bonchev–Trinajstić information content (AvgIpc) is 2.65. The fourth-order valence-electron chi connectivity index (χ4n) is 2.42. The summed E-state index contributed by atoms with van der Waals surface area (Å²) < 4.78 is 14.6. The Morgan fingerprint density at radius 1 is 1.42 bits per heavy atom. The minimum atomic E-state index is -1.35. The molecule has 5 nitrogen and oxygen atoms in total. The van der Waals surface area contributed by atoms with Crippen LogP contribution in [-0.4, -0.2) is 40.8 Å². The molecule has 0 fully saturated rings. The molecule has 0 aliphatic heterocycles. The van der Waals surface area contributed by atoms with Gasteiger partial charge in [0.05, 0.1) is 17.4 Å². The van der Waals surface area contributed by atoms with Gasteiger partial charge in [-0.05, 0) is 50.2 Å². The van der Waals surface area contributed by atoms with E-state index in [0.29, 0.717) is 10.5 Å². The molecule has 2 aromatic rings. The van der Waals surface area contributed by atoms with Crippen LogP contribution in [0.3, 0.4) is 0 Å². The molecule has 0 radical (unpaired) electrons. The predicted molar refractivity (Wildman–Crippen MR) is 96.3 cm³/mol. The van der Waals surface area contributed by atoms with Crippen LogP contribution in [0.4, 0.5) is 0 Å². The predicted octanol–water partition coefficient (Wildman–Crippen LogP) is 2.37. The number of benzene rings is 1. The second kappa shape index (κ2) is 8.94. The fraction of sp³-hybridized carbons (Fsp3) is 0.333. The summed E-state index contributed by atoms with van der Waals surface area (Å²) in [6.07, 6.45) is 5.08. The SMILES string of the molecule is CNCCc1ccc([S+]([O-])N(C)C(C)c2cccnc2)cc1C=O. The van der Waals surface area contributed by atoms with Crippen LogP contribution >= 0.6 is 0 Å². The maximum Gasteiger partial charge on any atom is 0.174 e. The Hall–Kier alpha value is -1.73. The molecule has 1 heterocycles. The van der Waals surface area contributed by atoms with E-state index in [0.717, 1.165) is 30.4 Å². The van der Waals surface area contributed by atoms with Gasteiger partial charge in [-0.15, -0.1) is 4.31 Å². The number of aromatic nitrogens is 1. The van der Waals surface area contributed by atoms with Crippen LogP contribution in [0.25, 0.3) is 0 Å². The van der Waals surface area contributed by atoms with Gasteiger partial charge in [-0.1, -0.05) is 12.1 Å². The summed E-state index contributed by atoms with van der Waals surface area (Å²) in [5, 5.41) is 3.07. The summed E-state index contributed by atoms with van der Waals surface area (Å²) >= 11 is -1.35. The van der Waals surface area contributed by atoms with Gasteiger partial charge < -0.3 is 9.87 Å². The molecule has 1 N–H and O–H groups in total. The highest BCUT2D eigenvalue weighted by molar-refractivity contribution is 7.89. The quantitative estimate of drug-likeness (QED) is 0.588. The molecule has 24 heavy (non-hydrogen) atoms. The molecular weight excluding hydrogens is 322 g/mol. The normalized spacial score (nSPS) is 13.7. The van der Waals surface area contributed by atoms with Crippen LogP contribution in [0.5, 0.6) is 0 Å². The molecule has 0 saturated heterocycles. The molecule has 0 saturated carbocycles. The Bertz CT molecular complexity index is 667. The van der Waals surface area contributed by atoms with Crippen molar-refractivity contribution >= 4 is 17.6 Å². The Balaban J connectivity index is 2.19. The van der Waals surface area contributed by atoms with E-state index in [4.69, 9.17) is 0 Å². The Morgan fingerprint density at radius 3 is 2.83 bits per heavy atom. The zero-order valence-corrected chi connectivity index (χ0v) is 15.0. The lowest BCUT2D eigenvalue weighted by atomic mass is 10.1. The standard InChI is InChI=1S/C18H23N3O2S/c1-14(16-5-4-9-20-12-16)21(3)24(23)18-7-6-15(8-10-19-2)17(11-18)13-22/h4-7,9,11-14,19H,8,10H2,1-3H3. The first kappa shape index (κ1) is 18.6. The first-order valence-electron chi connectivity index (χ1n) is 7.85. The van der Waals surface area contributed by atoms with Crippen molar-refractivity contribution in [2.75, 3.05) is 20.6 Å². The zero-order valence-electron chi connectivity index (χ0n) is 14.2. The fourth-order valence-corrected chi connectivity index (χ4v) is 3.58. The van der Waals surface area contributed by atoms with Crippen molar-refractivity contribution in [1.29, 1.82) is 0 Å². The van der Waals surface area contributed by atoms with E-state index in [1.165, 1.54) is 0 Å². The van der Waals surface area contributed by atoms with Gasteiger partial charge in [0.1, 0.15) is 0 Å². The maximum absolute atomic E-state index is 12.8. The maximum atomic E-state index is 12.8. The van der Waals surface area contributed by atoms with Gasteiger partial charge in [0.2, 0.25) is 0 Å². The summed E-state index contributed by atoms with van der Waals surface area (Å²) in [5.41, 5.74) is 2.55. The van der Waals surface area contributed by atoms with Crippen LogP contribution in [0.1, 0.15) is 34.5 Å². The second-order valence-corrected chi connectivity index (χ2v) is 7.14. The Labute approximate surface area is 146 Å². The third-order valence-electron chi connectivity index (χ3n) is 4.06. The number of nitrogens with zero attached hydrogens (tertiary/aromatic N) is 2. The molecule has 128 valence electrons. The summed E-state index contributed by atoms with van der Waals surface area (Å²) in [6.45, 7) is 2.78. The van der Waals surface area contributed by atoms with Crippen LogP contribution in [0.15, 0.2) is 47.6 Å². The van der Waals surface area contributed by atoms with Gasteiger partial charge in [-0.2, -0.15) is 0 Å². The highest BCUT2D eigenvalue weighted by Crippen LogP contribution is 2.26. The summed E-state index contributed by atoms with van der Waals surface area (Å²) in [6, 6.07) is 9.22. The monoisotopic (exact) mass is 345 g/mol. The number of pyridine rings is 1. The number of rotatable bonds is 8. The van der Waals surface area contributed by atoms with Crippen molar-refractivity contribution in [2.24, 2.45) is 0 Å². The lowest BCUT2D eigenvalue weighted by Crippen LogP contribution is -2.30. The molecule has 2 atom stereocenters. The van der Waals surface area contributed by atoms with Crippen LogP contribution < -0.4 is 5.32 Å². The number of aldehydes is 1. The van der Waals surface area contributed by atoms with E-state index in [1.807, 2.05) is 45.3 Å². The van der Waals surface area contributed by atoms with Crippen molar-refractivity contribution < 1.29 is 9.35 Å². The highest BCUT2D eigenvalue weighted by atomic mass is 32.2. The van der Waals surface area contributed by atoms with E-state index in [2.05, 4.69) is 10.3 Å². The third kappa shape index (κ3) is 4.42. The van der Waals surface area contributed by atoms with Gasteiger partial charge in [0.15, 0.2) is 11.2 Å². The molecule has 0 spiro atoms. The molecule has 0 amide bonds. The van der Waals surface area contributed by atoms with E-state index >= 15 is 0 Å². The number of carbonyl (C=O) groups is 1. The minimum Gasteiger partial charge on any atom is -0.593 e. The molecule has 0 aliphatic carbocycles. The molecule has 2 rings (SSSR count). The average molecular weight is 345 g/mol. The zero-order chi connectivity index (χ0) is 17.5. The van der Waals surface area contributed by atoms with Crippen LogP contribution in [0, 0.1) is 0 Å². The van der Waals surface area contributed by atoms with Crippen molar-refractivity contribution in [1.82, 2.24) is 14.6 Å². The molecular formula is C18H23N3O2S. The van der Waals surface area contributed by atoms with Crippen molar-refractivity contribution in [3.8, 4) is 0 Å². The van der Waals surface area contributed by atoms with E-state index < -0.39 is 11.4 Å². The van der Waals surface area contributed by atoms with Crippen LogP contribution in [-0.2, 0) is 17.8 Å². The largest absolute Gasteiger partial charge is 0.593 e. The Kier molecular flexibility index (Phi) is 6.93. The summed E-state index contributed by atoms with van der Waals surface area (Å²) in [7, 11) is 3.68. The molecule has 1 aromatic heterocycles.